The van der Waals surface area contributed by atoms with Crippen molar-refractivity contribution in [2.45, 2.75) is 27.2 Å². The molecular weight excluding hydrogens is 404 g/mol. The van der Waals surface area contributed by atoms with Crippen molar-refractivity contribution in [2.24, 2.45) is 0 Å². The lowest BCUT2D eigenvalue weighted by molar-refractivity contribution is 0.634. The summed E-state index contributed by atoms with van der Waals surface area (Å²) in [4.78, 5) is 26.3. The molecule has 0 unspecified atom stereocenters. The minimum atomic E-state index is 0.799. The summed E-state index contributed by atoms with van der Waals surface area (Å²) in [5, 5.41) is 1.16. The van der Waals surface area contributed by atoms with E-state index in [9.17, 15) is 0 Å². The number of hydrogen-bond acceptors (Lipinski definition) is 7. The molecule has 7 heteroatoms. The van der Waals surface area contributed by atoms with Crippen LogP contribution in [0.5, 0.6) is 0 Å². The van der Waals surface area contributed by atoms with Crippen LogP contribution >= 0.6 is 11.3 Å². The number of hydrogen-bond donors (Lipinski definition) is 0. The molecule has 1 aliphatic heterocycles. The minimum Gasteiger partial charge on any atom is -0.352 e. The third-order valence-electron chi connectivity index (χ3n) is 5.64. The highest BCUT2D eigenvalue weighted by Gasteiger charge is 2.23. The molecule has 3 aromatic heterocycles. The lowest BCUT2D eigenvalue weighted by Crippen LogP contribution is -2.47. The molecule has 31 heavy (non-hydrogen) atoms. The summed E-state index contributed by atoms with van der Waals surface area (Å²) in [5.41, 5.74) is 3.08. The standard InChI is InChI=1S/C24H26N6S/c1-4-19-15-20-22(27-21(28-23(20)31-19)18-8-6-5-7-9-18)29-10-12-30(13-11-29)24-25-16(2)14-17(3)26-24/h5-9,14-15H,4,10-13H2,1-3H3. The first-order valence-corrected chi connectivity index (χ1v) is 11.6. The summed E-state index contributed by atoms with van der Waals surface area (Å²) < 4.78 is 0. The summed E-state index contributed by atoms with van der Waals surface area (Å²) in [5.74, 6) is 2.67. The van der Waals surface area contributed by atoms with E-state index in [-0.39, 0.29) is 0 Å². The van der Waals surface area contributed by atoms with Gasteiger partial charge in [-0.2, -0.15) is 0 Å². The van der Waals surface area contributed by atoms with Crippen molar-refractivity contribution in [1.82, 2.24) is 19.9 Å². The first-order valence-electron chi connectivity index (χ1n) is 10.8. The van der Waals surface area contributed by atoms with Gasteiger partial charge >= 0.3 is 0 Å². The summed E-state index contributed by atoms with van der Waals surface area (Å²) in [6.45, 7) is 9.76. The van der Waals surface area contributed by atoms with Crippen LogP contribution in [0.25, 0.3) is 21.6 Å². The molecule has 1 aliphatic rings. The van der Waals surface area contributed by atoms with Gasteiger partial charge in [-0.3, -0.25) is 0 Å². The fourth-order valence-corrected chi connectivity index (χ4v) is 5.02. The molecule has 1 fully saturated rings. The molecule has 5 rings (SSSR count). The number of benzene rings is 1. The largest absolute Gasteiger partial charge is 0.352 e. The predicted octanol–water partition coefficient (Wildman–Crippen LogP) is 4.65. The molecule has 1 aromatic carbocycles. The summed E-state index contributed by atoms with van der Waals surface area (Å²) in [6.07, 6.45) is 1.01. The van der Waals surface area contributed by atoms with Gasteiger partial charge in [-0.25, -0.2) is 19.9 Å². The number of thiophene rings is 1. The number of anilines is 2. The molecule has 1 saturated heterocycles. The maximum Gasteiger partial charge on any atom is 0.225 e. The Bertz CT molecular complexity index is 1190. The maximum atomic E-state index is 5.04. The minimum absolute atomic E-state index is 0.799. The Morgan fingerprint density at radius 2 is 1.52 bits per heavy atom. The second-order valence-corrected chi connectivity index (χ2v) is 9.06. The van der Waals surface area contributed by atoms with E-state index in [1.807, 2.05) is 38.1 Å². The van der Waals surface area contributed by atoms with Crippen LogP contribution in [-0.4, -0.2) is 46.1 Å². The summed E-state index contributed by atoms with van der Waals surface area (Å²) in [6, 6.07) is 14.5. The first kappa shape index (κ1) is 19.9. The van der Waals surface area contributed by atoms with E-state index in [0.717, 1.165) is 77.4 Å². The van der Waals surface area contributed by atoms with Gasteiger partial charge in [-0.05, 0) is 32.4 Å². The quantitative estimate of drug-likeness (QED) is 0.470. The number of rotatable bonds is 4. The van der Waals surface area contributed by atoms with Crippen LogP contribution in [0.4, 0.5) is 11.8 Å². The molecule has 158 valence electrons. The lowest BCUT2D eigenvalue weighted by atomic mass is 10.2. The van der Waals surface area contributed by atoms with Gasteiger partial charge in [0.15, 0.2) is 5.82 Å². The lowest BCUT2D eigenvalue weighted by Gasteiger charge is -2.35. The smallest absolute Gasteiger partial charge is 0.225 e. The van der Waals surface area contributed by atoms with E-state index in [1.54, 1.807) is 11.3 Å². The zero-order chi connectivity index (χ0) is 21.4. The van der Waals surface area contributed by atoms with Crippen LogP contribution in [0.15, 0.2) is 42.5 Å². The summed E-state index contributed by atoms with van der Waals surface area (Å²) in [7, 11) is 0. The van der Waals surface area contributed by atoms with Crippen molar-refractivity contribution in [3.05, 3.63) is 58.7 Å². The Labute approximate surface area is 186 Å². The van der Waals surface area contributed by atoms with Crippen molar-refractivity contribution in [1.29, 1.82) is 0 Å². The Morgan fingerprint density at radius 3 is 2.19 bits per heavy atom. The van der Waals surface area contributed by atoms with Crippen LogP contribution in [0.1, 0.15) is 23.2 Å². The first-order chi connectivity index (χ1) is 15.1. The number of piperazine rings is 1. The van der Waals surface area contributed by atoms with Crippen LogP contribution in [-0.2, 0) is 6.42 Å². The van der Waals surface area contributed by atoms with Gasteiger partial charge in [0.2, 0.25) is 5.95 Å². The topological polar surface area (TPSA) is 58.0 Å². The van der Waals surface area contributed by atoms with E-state index in [1.165, 1.54) is 4.88 Å². The summed E-state index contributed by atoms with van der Waals surface area (Å²) >= 11 is 1.78. The Hall–Kier alpha value is -3.06. The van der Waals surface area contributed by atoms with E-state index in [4.69, 9.17) is 9.97 Å². The maximum absolute atomic E-state index is 5.04. The molecule has 0 aliphatic carbocycles. The molecule has 6 nitrogen and oxygen atoms in total. The van der Waals surface area contributed by atoms with Crippen molar-refractivity contribution in [3.63, 3.8) is 0 Å². The monoisotopic (exact) mass is 430 g/mol. The second kappa shape index (κ2) is 8.23. The van der Waals surface area contributed by atoms with E-state index in [2.05, 4.69) is 44.9 Å². The molecular formula is C24H26N6S. The number of nitrogens with zero attached hydrogens (tertiary/aromatic N) is 6. The molecule has 0 N–H and O–H groups in total. The number of aromatic nitrogens is 4. The highest BCUT2D eigenvalue weighted by molar-refractivity contribution is 7.18. The Morgan fingerprint density at radius 1 is 0.839 bits per heavy atom. The van der Waals surface area contributed by atoms with Crippen molar-refractivity contribution in [3.8, 4) is 11.4 Å². The average Bonchev–Trinajstić information content (AvgIpc) is 3.22. The second-order valence-electron chi connectivity index (χ2n) is 7.95. The molecule has 0 spiro atoms. The normalized spacial score (nSPS) is 14.4. The van der Waals surface area contributed by atoms with Crippen molar-refractivity contribution in [2.75, 3.05) is 36.0 Å². The van der Waals surface area contributed by atoms with Crippen LogP contribution in [0, 0.1) is 13.8 Å². The fraction of sp³-hybridized carbons (Fsp3) is 0.333. The van der Waals surface area contributed by atoms with Gasteiger partial charge in [0.25, 0.3) is 0 Å². The van der Waals surface area contributed by atoms with E-state index < -0.39 is 0 Å². The van der Waals surface area contributed by atoms with Gasteiger partial charge in [-0.1, -0.05) is 37.3 Å². The fourth-order valence-electron chi connectivity index (χ4n) is 4.05. The highest BCUT2D eigenvalue weighted by Crippen LogP contribution is 2.34. The van der Waals surface area contributed by atoms with Gasteiger partial charge in [0, 0.05) is 48.0 Å². The number of aryl methyl sites for hydroxylation is 3. The highest BCUT2D eigenvalue weighted by atomic mass is 32.1. The van der Waals surface area contributed by atoms with Crippen molar-refractivity contribution < 1.29 is 0 Å². The molecule has 0 saturated carbocycles. The van der Waals surface area contributed by atoms with Crippen LogP contribution in [0.3, 0.4) is 0 Å². The van der Waals surface area contributed by atoms with Crippen molar-refractivity contribution >= 4 is 33.3 Å². The molecule has 0 atom stereocenters. The zero-order valence-corrected chi connectivity index (χ0v) is 19.0. The SMILES string of the molecule is CCc1cc2c(N3CCN(c4nc(C)cc(C)n4)CC3)nc(-c3ccccc3)nc2s1. The molecule has 4 heterocycles. The zero-order valence-electron chi connectivity index (χ0n) is 18.2. The van der Waals surface area contributed by atoms with E-state index in [0.29, 0.717) is 0 Å². The average molecular weight is 431 g/mol. The predicted molar refractivity (Wildman–Crippen MR) is 128 cm³/mol. The van der Waals surface area contributed by atoms with Gasteiger partial charge in [-0.15, -0.1) is 11.3 Å². The Balaban J connectivity index is 1.47. The van der Waals surface area contributed by atoms with Crippen LogP contribution < -0.4 is 9.80 Å². The third-order valence-corrected chi connectivity index (χ3v) is 6.81. The molecule has 4 aromatic rings. The van der Waals surface area contributed by atoms with E-state index >= 15 is 0 Å². The van der Waals surface area contributed by atoms with Gasteiger partial charge in [0.05, 0.1) is 5.39 Å². The third kappa shape index (κ3) is 3.97. The molecule has 0 bridgehead atoms. The molecule has 0 radical (unpaired) electrons. The van der Waals surface area contributed by atoms with Crippen LogP contribution in [0.2, 0.25) is 0 Å². The Kier molecular flexibility index (Phi) is 5.28. The molecule has 0 amide bonds. The number of fused-ring (bicyclic) bond motifs is 1. The van der Waals surface area contributed by atoms with Gasteiger partial charge in [0.1, 0.15) is 10.6 Å². The van der Waals surface area contributed by atoms with Gasteiger partial charge < -0.3 is 9.80 Å².